The van der Waals surface area contributed by atoms with Crippen LogP contribution in [0, 0.1) is 10.1 Å². The summed E-state index contributed by atoms with van der Waals surface area (Å²) in [5.74, 6) is 0.378. The molecule has 0 saturated carbocycles. The molecule has 156 valence electrons. The number of nitrogens with zero attached hydrogens (tertiary/aromatic N) is 2. The third-order valence-electron chi connectivity index (χ3n) is 4.15. The number of nitrogens with one attached hydrogen (secondary N) is 2. The van der Waals surface area contributed by atoms with Crippen LogP contribution in [0.2, 0.25) is 0 Å². The molecule has 1 heterocycles. The molecular weight excluding hydrogens is 364 g/mol. The highest BCUT2D eigenvalue weighted by molar-refractivity contribution is 5.67. The van der Waals surface area contributed by atoms with Crippen LogP contribution >= 0.6 is 0 Å². The molecule has 0 bridgehead atoms. The number of benzene rings is 1. The largest absolute Gasteiger partial charge is 0.491 e. The summed E-state index contributed by atoms with van der Waals surface area (Å²) in [7, 11) is 0. The van der Waals surface area contributed by atoms with Crippen molar-refractivity contribution < 1.29 is 19.2 Å². The normalized spacial score (nSPS) is 14.5. The number of rotatable bonds is 9. The first-order valence-electron chi connectivity index (χ1n) is 9.59. The molecule has 1 aromatic rings. The molecule has 28 heavy (non-hydrogen) atoms. The second-order valence-corrected chi connectivity index (χ2v) is 7.69. The lowest BCUT2D eigenvalue weighted by Crippen LogP contribution is -2.34. The zero-order valence-electron chi connectivity index (χ0n) is 16.8. The van der Waals surface area contributed by atoms with E-state index in [9.17, 15) is 14.9 Å². The fourth-order valence-electron chi connectivity index (χ4n) is 2.89. The quantitative estimate of drug-likeness (QED) is 0.377. The summed E-state index contributed by atoms with van der Waals surface area (Å²) in [6.07, 6.45) is 1.91. The zero-order chi connectivity index (χ0) is 20.6. The molecule has 2 rings (SSSR count). The second-order valence-electron chi connectivity index (χ2n) is 7.69. The predicted molar refractivity (Wildman–Crippen MR) is 107 cm³/mol. The smallest absolute Gasteiger partial charge is 0.407 e. The highest BCUT2D eigenvalue weighted by Gasteiger charge is 2.17. The lowest BCUT2D eigenvalue weighted by molar-refractivity contribution is -0.384. The van der Waals surface area contributed by atoms with Gasteiger partial charge in [-0.1, -0.05) is 0 Å². The summed E-state index contributed by atoms with van der Waals surface area (Å²) < 4.78 is 10.6. The molecule has 9 heteroatoms. The van der Waals surface area contributed by atoms with Gasteiger partial charge in [0.15, 0.2) is 0 Å². The number of ether oxygens (including phenoxy) is 2. The van der Waals surface area contributed by atoms with E-state index in [1.165, 1.54) is 18.9 Å². The molecule has 1 aliphatic heterocycles. The lowest BCUT2D eigenvalue weighted by Gasteiger charge is -2.19. The van der Waals surface area contributed by atoms with Crippen LogP contribution in [0.3, 0.4) is 0 Å². The minimum Gasteiger partial charge on any atom is -0.491 e. The lowest BCUT2D eigenvalue weighted by atomic mass is 10.2. The van der Waals surface area contributed by atoms with Crippen molar-refractivity contribution >= 4 is 17.5 Å². The van der Waals surface area contributed by atoms with Gasteiger partial charge in [-0.25, -0.2) is 4.79 Å². The number of anilines is 1. The Labute approximate surface area is 165 Å². The summed E-state index contributed by atoms with van der Waals surface area (Å²) in [5.41, 5.74) is -0.120. The molecule has 0 atom stereocenters. The molecule has 1 aliphatic rings. The molecule has 0 radical (unpaired) electrons. The summed E-state index contributed by atoms with van der Waals surface area (Å²) in [6.45, 7) is 9.46. The number of hydrogen-bond acceptors (Lipinski definition) is 7. The maximum absolute atomic E-state index is 11.6. The number of hydrogen-bond donors (Lipinski definition) is 2. The molecule has 0 spiro atoms. The van der Waals surface area contributed by atoms with Crippen molar-refractivity contribution in [2.24, 2.45) is 0 Å². The van der Waals surface area contributed by atoms with E-state index in [0.29, 0.717) is 18.0 Å². The fourth-order valence-corrected chi connectivity index (χ4v) is 2.89. The third-order valence-corrected chi connectivity index (χ3v) is 4.15. The number of carbonyl (C=O) groups excluding carboxylic acids is 1. The summed E-state index contributed by atoms with van der Waals surface area (Å²) >= 11 is 0. The Morgan fingerprint density at radius 2 is 1.96 bits per heavy atom. The van der Waals surface area contributed by atoms with Crippen LogP contribution in [0.15, 0.2) is 18.2 Å². The topological polar surface area (TPSA) is 106 Å². The van der Waals surface area contributed by atoms with Crippen molar-refractivity contribution in [1.29, 1.82) is 0 Å². The number of nitro benzene ring substituents is 1. The predicted octanol–water partition coefficient (Wildman–Crippen LogP) is 3.01. The third kappa shape index (κ3) is 7.59. The number of nitro groups is 1. The van der Waals surface area contributed by atoms with Crippen LogP contribution in [0.4, 0.5) is 16.2 Å². The van der Waals surface area contributed by atoms with Crippen molar-refractivity contribution in [2.75, 3.05) is 44.6 Å². The maximum Gasteiger partial charge on any atom is 0.407 e. The van der Waals surface area contributed by atoms with Gasteiger partial charge in [0.25, 0.3) is 5.69 Å². The van der Waals surface area contributed by atoms with E-state index in [1.807, 2.05) is 0 Å². The van der Waals surface area contributed by atoms with Crippen LogP contribution in [0.1, 0.15) is 33.6 Å². The highest BCUT2D eigenvalue weighted by Crippen LogP contribution is 2.29. The molecule has 1 amide bonds. The van der Waals surface area contributed by atoms with E-state index in [4.69, 9.17) is 9.47 Å². The van der Waals surface area contributed by atoms with E-state index in [2.05, 4.69) is 15.5 Å². The molecule has 9 nitrogen and oxygen atoms in total. The number of alkyl carbamates (subject to hydrolysis) is 1. The second kappa shape index (κ2) is 10.1. The Balaban J connectivity index is 1.80. The Morgan fingerprint density at radius 3 is 2.61 bits per heavy atom. The molecule has 2 N–H and O–H groups in total. The first-order chi connectivity index (χ1) is 13.2. The van der Waals surface area contributed by atoms with Crippen molar-refractivity contribution in [2.45, 2.75) is 39.2 Å². The Morgan fingerprint density at radius 1 is 1.25 bits per heavy atom. The van der Waals surface area contributed by atoms with Gasteiger partial charge in [0.2, 0.25) is 0 Å². The van der Waals surface area contributed by atoms with Gasteiger partial charge in [0, 0.05) is 13.1 Å². The Hall–Kier alpha value is -2.55. The first-order valence-corrected chi connectivity index (χ1v) is 9.59. The van der Waals surface area contributed by atoms with E-state index in [-0.39, 0.29) is 18.8 Å². The van der Waals surface area contributed by atoms with Gasteiger partial charge in [-0.3, -0.25) is 10.1 Å². The summed E-state index contributed by atoms with van der Waals surface area (Å²) in [5, 5.41) is 17.1. The monoisotopic (exact) mass is 394 g/mol. The minimum absolute atomic E-state index is 0.0287. The van der Waals surface area contributed by atoms with Crippen molar-refractivity contribution in [3.63, 3.8) is 0 Å². The van der Waals surface area contributed by atoms with Crippen molar-refractivity contribution in [1.82, 2.24) is 10.2 Å². The van der Waals surface area contributed by atoms with Crippen molar-refractivity contribution in [3.05, 3.63) is 28.3 Å². The molecule has 1 saturated heterocycles. The Bertz CT molecular complexity index is 669. The number of likely N-dealkylation sites (tertiary alicyclic amines) is 1. The number of carbonyl (C=O) groups is 1. The van der Waals surface area contributed by atoms with E-state index in [0.717, 1.165) is 19.6 Å². The van der Waals surface area contributed by atoms with Gasteiger partial charge >= 0.3 is 6.09 Å². The first kappa shape index (κ1) is 21.7. The highest BCUT2D eigenvalue weighted by atomic mass is 16.6. The van der Waals surface area contributed by atoms with Crippen LogP contribution in [-0.4, -0.2) is 60.8 Å². The van der Waals surface area contributed by atoms with E-state index < -0.39 is 16.6 Å². The van der Waals surface area contributed by atoms with Gasteiger partial charge in [0.1, 0.15) is 23.6 Å². The molecule has 0 aliphatic carbocycles. The van der Waals surface area contributed by atoms with Crippen molar-refractivity contribution in [3.8, 4) is 5.75 Å². The Kier molecular flexibility index (Phi) is 7.86. The SMILES string of the molecule is CC(C)(C)OC(=O)NCCOc1ccc(NCCN2CCCC2)c([N+](=O)[O-])c1. The average Bonchev–Trinajstić information content (AvgIpc) is 3.11. The van der Waals surface area contributed by atoms with E-state index in [1.54, 1.807) is 32.9 Å². The van der Waals surface area contributed by atoms with E-state index >= 15 is 0 Å². The molecule has 0 aromatic heterocycles. The van der Waals surface area contributed by atoms with Gasteiger partial charge < -0.3 is 25.0 Å². The number of amides is 1. The minimum atomic E-state index is -0.566. The fraction of sp³-hybridized carbons (Fsp3) is 0.632. The van der Waals surface area contributed by atoms with Gasteiger partial charge in [-0.2, -0.15) is 0 Å². The van der Waals surface area contributed by atoms with Crippen LogP contribution in [0.5, 0.6) is 5.75 Å². The van der Waals surface area contributed by atoms with Gasteiger partial charge in [-0.05, 0) is 58.8 Å². The zero-order valence-corrected chi connectivity index (χ0v) is 16.8. The van der Waals surface area contributed by atoms with Crippen LogP contribution in [-0.2, 0) is 4.74 Å². The molecule has 0 unspecified atom stereocenters. The van der Waals surface area contributed by atoms with Gasteiger partial charge in [-0.15, -0.1) is 0 Å². The summed E-state index contributed by atoms with van der Waals surface area (Å²) in [6, 6.07) is 4.73. The molecule has 1 fully saturated rings. The average molecular weight is 394 g/mol. The van der Waals surface area contributed by atoms with Crippen LogP contribution in [0.25, 0.3) is 0 Å². The van der Waals surface area contributed by atoms with Crippen LogP contribution < -0.4 is 15.4 Å². The summed E-state index contributed by atoms with van der Waals surface area (Å²) in [4.78, 5) is 24.9. The maximum atomic E-state index is 11.6. The molecule has 1 aromatic carbocycles. The standard InChI is InChI=1S/C19H30N4O5/c1-19(2,3)28-18(24)21-9-13-27-15-6-7-16(17(14-15)23(25)26)20-8-12-22-10-4-5-11-22/h6-7,14,20H,4-5,8-13H2,1-3H3,(H,21,24). The molecular formula is C19H30N4O5. The van der Waals surface area contributed by atoms with Gasteiger partial charge in [0.05, 0.1) is 17.5 Å².